The van der Waals surface area contributed by atoms with Crippen LogP contribution in [-0.4, -0.2) is 48.9 Å². The Hall–Kier alpha value is -1.53. The van der Waals surface area contributed by atoms with Gasteiger partial charge in [0.25, 0.3) is 5.91 Å². The number of nitrogens with one attached hydrogen (secondary N) is 1. The zero-order valence-electron chi connectivity index (χ0n) is 17.8. The van der Waals surface area contributed by atoms with Crippen LogP contribution in [0.15, 0.2) is 53.4 Å². The molecule has 2 atom stereocenters. The van der Waals surface area contributed by atoms with Crippen molar-refractivity contribution in [1.82, 2.24) is 10.2 Å². The van der Waals surface area contributed by atoms with Crippen LogP contribution in [0.25, 0.3) is 0 Å². The lowest BCUT2D eigenvalue weighted by Crippen LogP contribution is -2.38. The van der Waals surface area contributed by atoms with E-state index in [9.17, 15) is 4.79 Å². The van der Waals surface area contributed by atoms with Gasteiger partial charge >= 0.3 is 0 Å². The van der Waals surface area contributed by atoms with Crippen LogP contribution in [-0.2, 0) is 4.74 Å². The zero-order valence-corrected chi connectivity index (χ0v) is 19.3. The summed E-state index contributed by atoms with van der Waals surface area (Å²) in [5.41, 5.74) is 1.77. The number of carbonyl (C=O) groups excluding carboxylic acids is 1. The van der Waals surface area contributed by atoms with Crippen molar-refractivity contribution in [1.29, 1.82) is 0 Å². The number of carbonyl (C=O) groups is 1. The van der Waals surface area contributed by atoms with Gasteiger partial charge in [-0.1, -0.05) is 55.8 Å². The number of hydrogen-bond donors (Lipinski definition) is 1. The van der Waals surface area contributed by atoms with Crippen LogP contribution < -0.4 is 5.32 Å². The average molecular weight is 447 g/mol. The highest BCUT2D eigenvalue weighted by Crippen LogP contribution is 2.29. The fourth-order valence-electron chi connectivity index (χ4n) is 3.87. The van der Waals surface area contributed by atoms with E-state index in [1.807, 2.05) is 48.5 Å². The molecule has 30 heavy (non-hydrogen) atoms. The van der Waals surface area contributed by atoms with E-state index >= 15 is 0 Å². The fraction of sp³-hybridized carbons (Fsp3) is 0.458. The van der Waals surface area contributed by atoms with Crippen LogP contribution in [0, 0.1) is 0 Å². The van der Waals surface area contributed by atoms with E-state index in [-0.39, 0.29) is 11.9 Å². The van der Waals surface area contributed by atoms with Gasteiger partial charge in [0.1, 0.15) is 0 Å². The normalized spacial score (nSPS) is 17.3. The number of nitrogens with zero attached hydrogens (tertiary/aromatic N) is 1. The molecular formula is C24H31ClN2O2S. The molecule has 0 radical (unpaired) electrons. The van der Waals surface area contributed by atoms with Gasteiger partial charge in [-0.05, 0) is 49.7 Å². The van der Waals surface area contributed by atoms with Gasteiger partial charge in [-0.3, -0.25) is 9.69 Å². The molecule has 1 aliphatic heterocycles. The van der Waals surface area contributed by atoms with Crippen LogP contribution in [0.5, 0.6) is 0 Å². The third-order valence-corrected chi connectivity index (χ3v) is 7.10. The van der Waals surface area contributed by atoms with Crippen molar-refractivity contribution in [3.05, 3.63) is 64.7 Å². The molecule has 6 heteroatoms. The van der Waals surface area contributed by atoms with Crippen molar-refractivity contribution in [2.75, 3.05) is 32.0 Å². The number of hydrogen-bond acceptors (Lipinski definition) is 4. The minimum atomic E-state index is -0.0466. The van der Waals surface area contributed by atoms with E-state index in [0.717, 1.165) is 59.3 Å². The maximum atomic E-state index is 13.1. The molecule has 1 N–H and O–H groups in total. The summed E-state index contributed by atoms with van der Waals surface area (Å²) in [6.07, 6.45) is 2.52. The third kappa shape index (κ3) is 6.01. The molecule has 2 aromatic carbocycles. The lowest BCUT2D eigenvalue weighted by Gasteiger charge is -2.31. The van der Waals surface area contributed by atoms with E-state index in [4.69, 9.17) is 16.3 Å². The molecule has 0 spiro atoms. The van der Waals surface area contributed by atoms with Gasteiger partial charge in [0, 0.05) is 28.8 Å². The molecule has 0 bridgehead atoms. The van der Waals surface area contributed by atoms with Gasteiger partial charge < -0.3 is 10.1 Å². The van der Waals surface area contributed by atoms with Gasteiger partial charge in [-0.25, -0.2) is 0 Å². The highest BCUT2D eigenvalue weighted by molar-refractivity contribution is 7.99. The molecule has 1 saturated heterocycles. The Morgan fingerprint density at radius 1 is 1.20 bits per heavy atom. The van der Waals surface area contributed by atoms with Gasteiger partial charge in [-0.2, -0.15) is 0 Å². The molecule has 162 valence electrons. The van der Waals surface area contributed by atoms with Crippen molar-refractivity contribution < 1.29 is 9.53 Å². The molecule has 1 amide bonds. The molecule has 0 saturated carbocycles. The number of likely N-dealkylation sites (N-methyl/N-ethyl adjacent to an activating group) is 1. The van der Waals surface area contributed by atoms with Gasteiger partial charge in [-0.15, -0.1) is 11.8 Å². The predicted octanol–water partition coefficient (Wildman–Crippen LogP) is 5.42. The van der Waals surface area contributed by atoms with Crippen LogP contribution in [0.2, 0.25) is 5.02 Å². The van der Waals surface area contributed by atoms with E-state index in [1.54, 1.807) is 11.8 Å². The fourth-order valence-corrected chi connectivity index (χ4v) is 5.25. The number of thioether (sulfide) groups is 1. The molecule has 1 aliphatic rings. The summed E-state index contributed by atoms with van der Waals surface area (Å²) in [5, 5.41) is 3.89. The number of halogens is 1. The number of benzene rings is 2. The Balaban J connectivity index is 1.70. The number of amides is 1. The summed E-state index contributed by atoms with van der Waals surface area (Å²) >= 11 is 8.19. The molecule has 4 nitrogen and oxygen atoms in total. The van der Waals surface area contributed by atoms with E-state index in [2.05, 4.69) is 24.1 Å². The second kappa shape index (κ2) is 11.8. The van der Waals surface area contributed by atoms with Crippen molar-refractivity contribution in [2.24, 2.45) is 0 Å². The van der Waals surface area contributed by atoms with E-state index in [0.29, 0.717) is 12.6 Å². The maximum absolute atomic E-state index is 13.1. The summed E-state index contributed by atoms with van der Waals surface area (Å²) in [7, 11) is 0. The third-order valence-electron chi connectivity index (χ3n) is 5.55. The minimum Gasteiger partial charge on any atom is -0.377 e. The highest BCUT2D eigenvalue weighted by Gasteiger charge is 2.22. The molecular weight excluding hydrogens is 416 g/mol. The number of ether oxygens (including phenoxy) is 1. The molecule has 2 aromatic rings. The second-order valence-electron chi connectivity index (χ2n) is 7.41. The molecule has 1 fully saturated rings. The summed E-state index contributed by atoms with van der Waals surface area (Å²) < 4.78 is 5.73. The first-order valence-corrected chi connectivity index (χ1v) is 12.1. The molecule has 0 aromatic heterocycles. The van der Waals surface area contributed by atoms with Crippen molar-refractivity contribution >= 4 is 29.3 Å². The van der Waals surface area contributed by atoms with Crippen LogP contribution >= 0.6 is 23.4 Å². The first-order chi connectivity index (χ1) is 14.6. The Morgan fingerprint density at radius 3 is 2.63 bits per heavy atom. The first kappa shape index (κ1) is 23.1. The maximum Gasteiger partial charge on any atom is 0.252 e. The minimum absolute atomic E-state index is 0.0318. The van der Waals surface area contributed by atoms with Gasteiger partial charge in [0.2, 0.25) is 0 Å². The predicted molar refractivity (Wildman–Crippen MR) is 126 cm³/mol. The van der Waals surface area contributed by atoms with Crippen molar-refractivity contribution in [2.45, 2.75) is 43.7 Å². The summed E-state index contributed by atoms with van der Waals surface area (Å²) in [6.45, 7) is 7.39. The standard InChI is InChI=1S/C24H31ClN2O2S/c1-3-27(4-2)22(19-11-5-7-13-21(19)25)16-26-24(28)20-12-6-8-14-23(20)30-17-18-10-9-15-29-18/h5-8,11-14,18,22H,3-4,9-10,15-17H2,1-2H3,(H,26,28). The lowest BCUT2D eigenvalue weighted by molar-refractivity contribution is 0.0932. The molecule has 3 rings (SSSR count). The lowest BCUT2D eigenvalue weighted by atomic mass is 10.0. The molecule has 1 heterocycles. The smallest absolute Gasteiger partial charge is 0.252 e. The van der Waals surface area contributed by atoms with Gasteiger partial charge in [0.15, 0.2) is 0 Å². The second-order valence-corrected chi connectivity index (χ2v) is 8.88. The summed E-state index contributed by atoms with van der Waals surface area (Å²) in [6, 6.07) is 15.7. The van der Waals surface area contributed by atoms with Crippen LogP contribution in [0.3, 0.4) is 0 Å². The first-order valence-electron chi connectivity index (χ1n) is 10.7. The monoisotopic (exact) mass is 446 g/mol. The SMILES string of the molecule is CCN(CC)C(CNC(=O)c1ccccc1SCC1CCCO1)c1ccccc1Cl. The Bertz CT molecular complexity index is 822. The Morgan fingerprint density at radius 2 is 1.93 bits per heavy atom. The van der Waals surface area contributed by atoms with Crippen LogP contribution in [0.4, 0.5) is 0 Å². The Kier molecular flexibility index (Phi) is 9.06. The Labute approximate surface area is 189 Å². The molecule has 0 aliphatic carbocycles. The van der Waals surface area contributed by atoms with Crippen molar-refractivity contribution in [3.8, 4) is 0 Å². The van der Waals surface area contributed by atoms with Crippen molar-refractivity contribution in [3.63, 3.8) is 0 Å². The summed E-state index contributed by atoms with van der Waals surface area (Å²) in [5.74, 6) is 0.834. The highest BCUT2D eigenvalue weighted by atomic mass is 35.5. The average Bonchev–Trinajstić information content (AvgIpc) is 3.29. The van der Waals surface area contributed by atoms with E-state index in [1.165, 1.54) is 0 Å². The summed E-state index contributed by atoms with van der Waals surface area (Å²) in [4.78, 5) is 16.4. The largest absolute Gasteiger partial charge is 0.377 e. The topological polar surface area (TPSA) is 41.6 Å². The van der Waals surface area contributed by atoms with E-state index < -0.39 is 0 Å². The van der Waals surface area contributed by atoms with Crippen LogP contribution in [0.1, 0.15) is 48.7 Å². The zero-order chi connectivity index (χ0) is 21.3. The number of rotatable bonds is 10. The van der Waals surface area contributed by atoms with Gasteiger partial charge in [0.05, 0.1) is 17.7 Å². The molecule has 2 unspecified atom stereocenters. The quantitative estimate of drug-likeness (QED) is 0.494.